The quantitative estimate of drug-likeness (QED) is 0.753. The molecule has 24 heavy (non-hydrogen) atoms. The van der Waals surface area contributed by atoms with Crippen LogP contribution < -0.4 is 0 Å². The molecule has 4 nitrogen and oxygen atoms in total. The first-order valence-corrected chi connectivity index (χ1v) is 9.12. The molecule has 1 aromatic carbocycles. The number of hydrogen-bond acceptors (Lipinski definition) is 3. The van der Waals surface area contributed by atoms with Crippen molar-refractivity contribution in [1.82, 2.24) is 9.80 Å². The Hall–Kier alpha value is -1.65. The van der Waals surface area contributed by atoms with E-state index in [1.165, 1.54) is 6.42 Å². The first kappa shape index (κ1) is 17.2. The first-order valence-electron chi connectivity index (χ1n) is 9.12. The van der Waals surface area contributed by atoms with Crippen LogP contribution in [-0.4, -0.2) is 61.6 Å². The van der Waals surface area contributed by atoms with Gasteiger partial charge in [-0.05, 0) is 37.3 Å². The number of allylic oxidation sites excluding steroid dienone is 2. The molecule has 1 heterocycles. The topological polar surface area (TPSA) is 32.8 Å². The third-order valence-electron chi connectivity index (χ3n) is 4.95. The van der Waals surface area contributed by atoms with Gasteiger partial charge in [-0.1, -0.05) is 30.4 Å². The maximum absolute atomic E-state index is 13.0. The number of carbonyl (C=O) groups excluding carboxylic acids is 1. The highest BCUT2D eigenvalue weighted by atomic mass is 16.5. The number of hydrogen-bond donors (Lipinski definition) is 0. The second-order valence-corrected chi connectivity index (χ2v) is 6.72. The van der Waals surface area contributed by atoms with Gasteiger partial charge in [-0.25, -0.2) is 0 Å². The minimum atomic E-state index is 0.165. The van der Waals surface area contributed by atoms with E-state index in [4.69, 9.17) is 4.74 Å². The van der Waals surface area contributed by atoms with Gasteiger partial charge in [0.2, 0.25) is 0 Å². The zero-order valence-corrected chi connectivity index (χ0v) is 14.4. The molecule has 0 spiro atoms. The van der Waals surface area contributed by atoms with Crippen LogP contribution in [0.25, 0.3) is 0 Å². The molecule has 0 unspecified atom stereocenters. The Kier molecular flexibility index (Phi) is 6.44. The molecule has 0 saturated carbocycles. The van der Waals surface area contributed by atoms with Gasteiger partial charge in [0.15, 0.2) is 0 Å². The van der Waals surface area contributed by atoms with Crippen molar-refractivity contribution in [1.29, 1.82) is 0 Å². The molecule has 1 aromatic rings. The van der Waals surface area contributed by atoms with E-state index < -0.39 is 0 Å². The summed E-state index contributed by atoms with van der Waals surface area (Å²) in [5.74, 6) is 0.755. The Bertz CT molecular complexity index is 538. The van der Waals surface area contributed by atoms with Crippen LogP contribution in [-0.2, 0) is 4.74 Å². The van der Waals surface area contributed by atoms with E-state index in [1.54, 1.807) is 0 Å². The van der Waals surface area contributed by atoms with Crippen LogP contribution in [0.5, 0.6) is 0 Å². The number of benzene rings is 1. The smallest absolute Gasteiger partial charge is 0.253 e. The molecule has 1 atom stereocenters. The first-order chi connectivity index (χ1) is 11.8. The predicted molar refractivity (Wildman–Crippen MR) is 96.1 cm³/mol. The maximum atomic E-state index is 13.0. The van der Waals surface area contributed by atoms with Crippen molar-refractivity contribution in [2.24, 2.45) is 5.92 Å². The average Bonchev–Trinajstić information content (AvgIpc) is 2.67. The van der Waals surface area contributed by atoms with E-state index in [0.717, 1.165) is 64.3 Å². The summed E-state index contributed by atoms with van der Waals surface area (Å²) in [5, 5.41) is 0. The van der Waals surface area contributed by atoms with Gasteiger partial charge in [0.1, 0.15) is 0 Å². The summed E-state index contributed by atoms with van der Waals surface area (Å²) in [6, 6.07) is 9.68. The van der Waals surface area contributed by atoms with Crippen molar-refractivity contribution in [3.8, 4) is 0 Å². The van der Waals surface area contributed by atoms with Crippen LogP contribution in [0.2, 0.25) is 0 Å². The van der Waals surface area contributed by atoms with E-state index in [1.807, 2.05) is 30.3 Å². The highest BCUT2D eigenvalue weighted by molar-refractivity contribution is 5.94. The zero-order chi connectivity index (χ0) is 16.6. The van der Waals surface area contributed by atoms with Crippen molar-refractivity contribution >= 4 is 5.91 Å². The molecular formula is C20H28N2O2. The second-order valence-electron chi connectivity index (χ2n) is 6.72. The minimum absolute atomic E-state index is 0.165. The normalized spacial score (nSPS) is 21.6. The summed E-state index contributed by atoms with van der Waals surface area (Å²) in [4.78, 5) is 17.4. The van der Waals surface area contributed by atoms with Gasteiger partial charge in [-0.2, -0.15) is 0 Å². The number of morpholine rings is 1. The van der Waals surface area contributed by atoms with Crippen LogP contribution in [0.4, 0.5) is 0 Å². The molecular weight excluding hydrogens is 300 g/mol. The summed E-state index contributed by atoms with van der Waals surface area (Å²) >= 11 is 0. The van der Waals surface area contributed by atoms with Gasteiger partial charge in [0.25, 0.3) is 5.91 Å². The van der Waals surface area contributed by atoms with Gasteiger partial charge >= 0.3 is 0 Å². The molecule has 0 bridgehead atoms. The SMILES string of the molecule is O=C(c1ccccc1)N(CCN1CCOCC1)C[C@H]1CC=CCC1. The molecule has 130 valence electrons. The molecule has 0 radical (unpaired) electrons. The Morgan fingerprint density at radius 3 is 2.67 bits per heavy atom. The minimum Gasteiger partial charge on any atom is -0.379 e. The van der Waals surface area contributed by atoms with Gasteiger partial charge in [0, 0.05) is 38.3 Å². The highest BCUT2D eigenvalue weighted by Crippen LogP contribution is 2.20. The Labute approximate surface area is 145 Å². The van der Waals surface area contributed by atoms with Crippen molar-refractivity contribution < 1.29 is 9.53 Å². The van der Waals surface area contributed by atoms with Crippen LogP contribution in [0.3, 0.4) is 0 Å². The second kappa shape index (κ2) is 9.00. The molecule has 1 amide bonds. The van der Waals surface area contributed by atoms with Crippen LogP contribution in [0, 0.1) is 5.92 Å². The molecule has 3 rings (SSSR count). The molecule has 0 aromatic heterocycles. The van der Waals surface area contributed by atoms with Crippen LogP contribution in [0.1, 0.15) is 29.6 Å². The highest BCUT2D eigenvalue weighted by Gasteiger charge is 2.21. The molecule has 2 aliphatic rings. The fourth-order valence-corrected chi connectivity index (χ4v) is 3.46. The van der Waals surface area contributed by atoms with Gasteiger partial charge in [-0.3, -0.25) is 9.69 Å². The van der Waals surface area contributed by atoms with Gasteiger partial charge in [0.05, 0.1) is 13.2 Å². The third-order valence-corrected chi connectivity index (χ3v) is 4.95. The summed E-state index contributed by atoms with van der Waals surface area (Å²) in [5.41, 5.74) is 0.797. The van der Waals surface area contributed by atoms with Gasteiger partial charge < -0.3 is 9.64 Å². The lowest BCUT2D eigenvalue weighted by atomic mass is 9.93. The van der Waals surface area contributed by atoms with E-state index in [0.29, 0.717) is 5.92 Å². The van der Waals surface area contributed by atoms with Crippen LogP contribution >= 0.6 is 0 Å². The summed E-state index contributed by atoms with van der Waals surface area (Å²) in [7, 11) is 0. The molecule has 1 aliphatic heterocycles. The van der Waals surface area contributed by atoms with Crippen molar-refractivity contribution in [3.05, 3.63) is 48.0 Å². The number of amides is 1. The van der Waals surface area contributed by atoms with Gasteiger partial charge in [-0.15, -0.1) is 0 Å². The number of carbonyl (C=O) groups is 1. The number of rotatable bonds is 6. The standard InChI is InChI=1S/C20H28N2O2/c23-20(19-9-5-2-6-10-19)22(17-18-7-3-1-4-8-18)12-11-21-13-15-24-16-14-21/h1-3,5-6,9-10,18H,4,7-8,11-17H2/t18-/m0/s1. The fraction of sp³-hybridized carbons (Fsp3) is 0.550. The lowest BCUT2D eigenvalue weighted by Gasteiger charge is -2.32. The Morgan fingerprint density at radius 1 is 1.17 bits per heavy atom. The molecule has 1 saturated heterocycles. The largest absolute Gasteiger partial charge is 0.379 e. The average molecular weight is 328 g/mol. The van der Waals surface area contributed by atoms with Crippen LogP contribution in [0.15, 0.2) is 42.5 Å². The zero-order valence-electron chi connectivity index (χ0n) is 14.4. The predicted octanol–water partition coefficient (Wildman–Crippen LogP) is 2.82. The van der Waals surface area contributed by atoms with E-state index in [-0.39, 0.29) is 5.91 Å². The Balaban J connectivity index is 1.62. The summed E-state index contributed by atoms with van der Waals surface area (Å²) in [6.45, 7) is 6.15. The van der Waals surface area contributed by atoms with Crippen molar-refractivity contribution in [3.63, 3.8) is 0 Å². The lowest BCUT2D eigenvalue weighted by Crippen LogP contribution is -2.44. The van der Waals surface area contributed by atoms with E-state index >= 15 is 0 Å². The molecule has 1 aliphatic carbocycles. The molecule has 1 fully saturated rings. The van der Waals surface area contributed by atoms with Crippen molar-refractivity contribution in [2.45, 2.75) is 19.3 Å². The molecule has 4 heteroatoms. The lowest BCUT2D eigenvalue weighted by molar-refractivity contribution is 0.0315. The summed E-state index contributed by atoms with van der Waals surface area (Å²) < 4.78 is 5.41. The van der Waals surface area contributed by atoms with E-state index in [9.17, 15) is 4.79 Å². The number of nitrogens with zero attached hydrogens (tertiary/aromatic N) is 2. The monoisotopic (exact) mass is 328 g/mol. The Morgan fingerprint density at radius 2 is 1.96 bits per heavy atom. The maximum Gasteiger partial charge on any atom is 0.253 e. The fourth-order valence-electron chi connectivity index (χ4n) is 3.46. The third kappa shape index (κ3) is 4.92. The summed E-state index contributed by atoms with van der Waals surface area (Å²) in [6.07, 6.45) is 7.94. The molecule has 0 N–H and O–H groups in total. The number of ether oxygens (including phenoxy) is 1. The van der Waals surface area contributed by atoms with Crippen molar-refractivity contribution in [2.75, 3.05) is 45.9 Å². The van der Waals surface area contributed by atoms with E-state index in [2.05, 4.69) is 22.0 Å².